The van der Waals surface area contributed by atoms with E-state index in [4.69, 9.17) is 0 Å². The van der Waals surface area contributed by atoms with Crippen LogP contribution in [0.25, 0.3) is 0 Å². The van der Waals surface area contributed by atoms with E-state index in [0.29, 0.717) is 0 Å². The lowest BCUT2D eigenvalue weighted by atomic mass is 9.84. The van der Waals surface area contributed by atoms with Gasteiger partial charge in [-0.1, -0.05) is 33.3 Å². The smallest absolute Gasteiger partial charge is 0.246 e. The minimum atomic E-state index is 0.0757. The van der Waals surface area contributed by atoms with Crippen LogP contribution in [-0.2, 0) is 4.79 Å². The standard InChI is InChI=1S/C11H21NO/c1-7-9(11(2,3)4)8-10(13)12(5)6/h8H,7H2,1-6H3. The Kier molecular flexibility index (Phi) is 4.18. The van der Waals surface area contributed by atoms with Gasteiger partial charge in [0.1, 0.15) is 0 Å². The molecule has 0 saturated heterocycles. The molecule has 0 fully saturated rings. The average Bonchev–Trinajstić information content (AvgIpc) is 1.96. The lowest BCUT2D eigenvalue weighted by Gasteiger charge is -2.22. The topological polar surface area (TPSA) is 20.3 Å². The zero-order chi connectivity index (χ0) is 10.6. The van der Waals surface area contributed by atoms with Crippen LogP contribution in [0.3, 0.4) is 0 Å². The number of hydrogen-bond donors (Lipinski definition) is 0. The summed E-state index contributed by atoms with van der Waals surface area (Å²) < 4.78 is 0. The first-order chi connectivity index (χ1) is 5.79. The Morgan fingerprint density at radius 2 is 1.77 bits per heavy atom. The van der Waals surface area contributed by atoms with Gasteiger partial charge in [-0.15, -0.1) is 0 Å². The third kappa shape index (κ3) is 4.11. The lowest BCUT2D eigenvalue weighted by molar-refractivity contribution is -0.123. The van der Waals surface area contributed by atoms with Gasteiger partial charge < -0.3 is 4.90 Å². The van der Waals surface area contributed by atoms with Gasteiger partial charge in [0.15, 0.2) is 0 Å². The Morgan fingerprint density at radius 1 is 1.31 bits per heavy atom. The summed E-state index contributed by atoms with van der Waals surface area (Å²) in [6.07, 6.45) is 2.68. The first kappa shape index (κ1) is 12.2. The van der Waals surface area contributed by atoms with Gasteiger partial charge in [0.25, 0.3) is 0 Å². The molecule has 0 unspecified atom stereocenters. The van der Waals surface area contributed by atoms with E-state index >= 15 is 0 Å². The highest BCUT2D eigenvalue weighted by Crippen LogP contribution is 2.27. The van der Waals surface area contributed by atoms with Gasteiger partial charge in [0, 0.05) is 20.2 Å². The zero-order valence-corrected chi connectivity index (χ0v) is 9.64. The summed E-state index contributed by atoms with van der Waals surface area (Å²) in [7, 11) is 3.55. The molecule has 13 heavy (non-hydrogen) atoms. The van der Waals surface area contributed by atoms with Crippen LogP contribution in [0.1, 0.15) is 34.1 Å². The van der Waals surface area contributed by atoms with Crippen LogP contribution < -0.4 is 0 Å². The SMILES string of the molecule is CCC(=CC(=O)N(C)C)C(C)(C)C. The highest BCUT2D eigenvalue weighted by atomic mass is 16.2. The van der Waals surface area contributed by atoms with Crippen LogP contribution in [0.15, 0.2) is 11.6 Å². The first-order valence-electron chi connectivity index (χ1n) is 4.71. The molecule has 0 bridgehead atoms. The molecule has 2 nitrogen and oxygen atoms in total. The molecule has 1 amide bonds. The van der Waals surface area contributed by atoms with E-state index in [-0.39, 0.29) is 11.3 Å². The van der Waals surface area contributed by atoms with Crippen molar-refractivity contribution in [2.24, 2.45) is 5.41 Å². The number of carbonyl (C=O) groups excluding carboxylic acids is 1. The summed E-state index contributed by atoms with van der Waals surface area (Å²) in [5.74, 6) is 0.0757. The number of hydrogen-bond acceptors (Lipinski definition) is 1. The quantitative estimate of drug-likeness (QED) is 0.602. The largest absolute Gasteiger partial charge is 0.345 e. The summed E-state index contributed by atoms with van der Waals surface area (Å²) in [5.41, 5.74) is 1.30. The van der Waals surface area contributed by atoms with Crippen LogP contribution in [0.4, 0.5) is 0 Å². The van der Waals surface area contributed by atoms with Crippen LogP contribution >= 0.6 is 0 Å². The van der Waals surface area contributed by atoms with Gasteiger partial charge in [0.05, 0.1) is 0 Å². The number of amides is 1. The van der Waals surface area contributed by atoms with Gasteiger partial charge in [-0.25, -0.2) is 0 Å². The molecular weight excluding hydrogens is 162 g/mol. The van der Waals surface area contributed by atoms with Gasteiger partial charge in [-0.2, -0.15) is 0 Å². The zero-order valence-electron chi connectivity index (χ0n) is 9.64. The third-order valence-electron chi connectivity index (χ3n) is 2.08. The molecule has 0 spiro atoms. The third-order valence-corrected chi connectivity index (χ3v) is 2.08. The van der Waals surface area contributed by atoms with E-state index in [1.807, 2.05) is 0 Å². The molecule has 0 aromatic rings. The second-order valence-corrected chi connectivity index (χ2v) is 4.51. The molecule has 76 valence electrons. The van der Waals surface area contributed by atoms with Crippen molar-refractivity contribution >= 4 is 5.91 Å². The summed E-state index contributed by atoms with van der Waals surface area (Å²) in [4.78, 5) is 13.0. The molecule has 0 aliphatic heterocycles. The molecule has 0 heterocycles. The molecule has 0 rings (SSSR count). The number of rotatable bonds is 2. The monoisotopic (exact) mass is 183 g/mol. The predicted molar refractivity (Wildman–Crippen MR) is 56.5 cm³/mol. The summed E-state index contributed by atoms with van der Waals surface area (Å²) in [6.45, 7) is 8.47. The lowest BCUT2D eigenvalue weighted by Crippen LogP contribution is -2.21. The van der Waals surface area contributed by atoms with Crippen LogP contribution in [0.2, 0.25) is 0 Å². The molecule has 0 aliphatic carbocycles. The van der Waals surface area contributed by atoms with E-state index in [0.717, 1.165) is 6.42 Å². The number of carbonyl (C=O) groups is 1. The van der Waals surface area contributed by atoms with E-state index in [1.165, 1.54) is 5.57 Å². The Hall–Kier alpha value is -0.790. The van der Waals surface area contributed by atoms with Crippen molar-refractivity contribution in [3.05, 3.63) is 11.6 Å². The summed E-state index contributed by atoms with van der Waals surface area (Å²) in [6, 6.07) is 0. The second kappa shape index (κ2) is 4.45. The second-order valence-electron chi connectivity index (χ2n) is 4.51. The van der Waals surface area contributed by atoms with Gasteiger partial charge in [0.2, 0.25) is 5.91 Å². The Labute approximate surface area is 81.6 Å². The number of likely N-dealkylation sites (N-methyl/N-ethyl adjacent to an activating group) is 1. The Balaban J connectivity index is 4.68. The van der Waals surface area contributed by atoms with Gasteiger partial charge in [-0.05, 0) is 11.8 Å². The minimum Gasteiger partial charge on any atom is -0.345 e. The fourth-order valence-electron chi connectivity index (χ4n) is 1.13. The van der Waals surface area contributed by atoms with Crippen molar-refractivity contribution < 1.29 is 4.79 Å². The minimum absolute atomic E-state index is 0.0757. The first-order valence-corrected chi connectivity index (χ1v) is 4.71. The molecule has 0 aliphatic rings. The van der Waals surface area contributed by atoms with Crippen molar-refractivity contribution in [3.63, 3.8) is 0 Å². The normalized spacial score (nSPS) is 12.9. The van der Waals surface area contributed by atoms with E-state index in [9.17, 15) is 4.79 Å². The van der Waals surface area contributed by atoms with Crippen molar-refractivity contribution in [1.82, 2.24) is 4.90 Å². The molecule has 0 saturated carbocycles. The van der Waals surface area contributed by atoms with Gasteiger partial charge in [-0.3, -0.25) is 4.79 Å². The van der Waals surface area contributed by atoms with Crippen molar-refractivity contribution in [2.45, 2.75) is 34.1 Å². The summed E-state index contributed by atoms with van der Waals surface area (Å²) in [5, 5.41) is 0. The number of nitrogens with zero attached hydrogens (tertiary/aromatic N) is 1. The van der Waals surface area contributed by atoms with Crippen molar-refractivity contribution in [3.8, 4) is 0 Å². The fraction of sp³-hybridized carbons (Fsp3) is 0.727. The van der Waals surface area contributed by atoms with Gasteiger partial charge >= 0.3 is 0 Å². The van der Waals surface area contributed by atoms with Crippen molar-refractivity contribution in [2.75, 3.05) is 14.1 Å². The molecule has 0 N–H and O–H groups in total. The van der Waals surface area contributed by atoms with Crippen LogP contribution in [0.5, 0.6) is 0 Å². The molecule has 0 aromatic carbocycles. The van der Waals surface area contributed by atoms with E-state index in [2.05, 4.69) is 27.7 Å². The predicted octanol–water partition coefficient (Wildman–Crippen LogP) is 2.46. The molecular formula is C11H21NO. The molecule has 2 heteroatoms. The van der Waals surface area contributed by atoms with Crippen molar-refractivity contribution in [1.29, 1.82) is 0 Å². The molecule has 0 atom stereocenters. The Bertz CT molecular complexity index is 209. The highest BCUT2D eigenvalue weighted by Gasteiger charge is 2.16. The Morgan fingerprint density at radius 3 is 2.00 bits per heavy atom. The molecule has 0 radical (unpaired) electrons. The summed E-state index contributed by atoms with van der Waals surface area (Å²) >= 11 is 0. The maximum absolute atomic E-state index is 11.4. The number of allylic oxidation sites excluding steroid dienone is 1. The average molecular weight is 183 g/mol. The maximum atomic E-state index is 11.4. The maximum Gasteiger partial charge on any atom is 0.246 e. The van der Waals surface area contributed by atoms with E-state index in [1.54, 1.807) is 25.1 Å². The van der Waals surface area contributed by atoms with E-state index < -0.39 is 0 Å². The van der Waals surface area contributed by atoms with Crippen LogP contribution in [-0.4, -0.2) is 24.9 Å². The molecule has 0 aromatic heterocycles. The van der Waals surface area contributed by atoms with Crippen LogP contribution in [0, 0.1) is 5.41 Å². The highest BCUT2D eigenvalue weighted by molar-refractivity contribution is 5.88. The fourth-order valence-corrected chi connectivity index (χ4v) is 1.13.